The van der Waals surface area contributed by atoms with Gasteiger partial charge in [-0.3, -0.25) is 0 Å². The number of carboxylic acid groups (broad SMARTS) is 1. The average Bonchev–Trinajstić information content (AvgIpc) is 2.77. The Kier molecular flexibility index (Phi) is 2.96. The van der Waals surface area contributed by atoms with Crippen molar-refractivity contribution in [1.82, 2.24) is 0 Å². The number of aliphatic carboxylic acids is 1. The number of nitrogens with zero attached hydrogens (tertiary/aromatic N) is 2. The number of nitriles is 1. The van der Waals surface area contributed by atoms with Gasteiger partial charge in [-0.05, 0) is 31.0 Å². The standard InChI is InChI=1S/C12H11FN2O2/c13-9-6-8(7-14)3-4-10(9)15-5-1-2-11(15)12(16)17/h3-4,6,11H,1-2,5H2,(H,16,17)/t11-/m0/s1. The summed E-state index contributed by atoms with van der Waals surface area (Å²) in [7, 11) is 0. The third kappa shape index (κ3) is 2.07. The van der Waals surface area contributed by atoms with E-state index in [1.54, 1.807) is 4.90 Å². The largest absolute Gasteiger partial charge is 0.480 e. The van der Waals surface area contributed by atoms with Gasteiger partial charge in [-0.15, -0.1) is 0 Å². The van der Waals surface area contributed by atoms with E-state index in [4.69, 9.17) is 10.4 Å². The van der Waals surface area contributed by atoms with E-state index in [0.29, 0.717) is 13.0 Å². The number of halogens is 1. The lowest BCUT2D eigenvalue weighted by Crippen LogP contribution is -2.36. The van der Waals surface area contributed by atoms with Gasteiger partial charge in [0.1, 0.15) is 11.9 Å². The summed E-state index contributed by atoms with van der Waals surface area (Å²) in [6.45, 7) is 0.528. The zero-order valence-electron chi connectivity index (χ0n) is 9.06. The van der Waals surface area contributed by atoms with Crippen molar-refractivity contribution in [2.75, 3.05) is 11.4 Å². The minimum Gasteiger partial charge on any atom is -0.480 e. The van der Waals surface area contributed by atoms with E-state index in [-0.39, 0.29) is 11.3 Å². The molecule has 0 radical (unpaired) electrons. The van der Waals surface area contributed by atoms with Crippen LogP contribution in [-0.4, -0.2) is 23.7 Å². The van der Waals surface area contributed by atoms with Crippen molar-refractivity contribution in [1.29, 1.82) is 5.26 Å². The zero-order valence-corrected chi connectivity index (χ0v) is 9.06. The Morgan fingerprint density at radius 2 is 2.35 bits per heavy atom. The van der Waals surface area contributed by atoms with Crippen LogP contribution in [0.5, 0.6) is 0 Å². The first-order chi connectivity index (χ1) is 8.13. The summed E-state index contributed by atoms with van der Waals surface area (Å²) in [4.78, 5) is 12.5. The van der Waals surface area contributed by atoms with Crippen molar-refractivity contribution < 1.29 is 14.3 Å². The van der Waals surface area contributed by atoms with Gasteiger partial charge >= 0.3 is 5.97 Å². The second-order valence-corrected chi connectivity index (χ2v) is 3.97. The molecule has 1 heterocycles. The second kappa shape index (κ2) is 4.42. The second-order valence-electron chi connectivity index (χ2n) is 3.97. The lowest BCUT2D eigenvalue weighted by Gasteiger charge is -2.24. The molecule has 17 heavy (non-hydrogen) atoms. The quantitative estimate of drug-likeness (QED) is 0.846. The number of benzene rings is 1. The summed E-state index contributed by atoms with van der Waals surface area (Å²) < 4.78 is 13.7. The number of carboxylic acids is 1. The molecule has 0 aromatic heterocycles. The first-order valence-electron chi connectivity index (χ1n) is 5.32. The smallest absolute Gasteiger partial charge is 0.326 e. The highest BCUT2D eigenvalue weighted by Crippen LogP contribution is 2.28. The minimum absolute atomic E-state index is 0.234. The van der Waals surface area contributed by atoms with Crippen LogP contribution in [0.1, 0.15) is 18.4 Å². The van der Waals surface area contributed by atoms with Gasteiger partial charge in [-0.25, -0.2) is 9.18 Å². The first-order valence-corrected chi connectivity index (χ1v) is 5.32. The van der Waals surface area contributed by atoms with Gasteiger partial charge in [-0.2, -0.15) is 5.26 Å². The molecule has 88 valence electrons. The molecule has 5 heteroatoms. The highest BCUT2D eigenvalue weighted by molar-refractivity contribution is 5.79. The zero-order chi connectivity index (χ0) is 12.4. The van der Waals surface area contributed by atoms with E-state index in [9.17, 15) is 9.18 Å². The van der Waals surface area contributed by atoms with Crippen LogP contribution in [0.15, 0.2) is 18.2 Å². The van der Waals surface area contributed by atoms with Crippen molar-refractivity contribution in [3.8, 4) is 6.07 Å². The fraction of sp³-hybridized carbons (Fsp3) is 0.333. The van der Waals surface area contributed by atoms with Gasteiger partial charge in [-0.1, -0.05) is 0 Å². The molecule has 2 rings (SSSR count). The molecule has 1 N–H and O–H groups in total. The van der Waals surface area contributed by atoms with E-state index < -0.39 is 17.8 Å². The van der Waals surface area contributed by atoms with Crippen molar-refractivity contribution >= 4 is 11.7 Å². The fourth-order valence-electron chi connectivity index (χ4n) is 2.12. The average molecular weight is 234 g/mol. The highest BCUT2D eigenvalue weighted by Gasteiger charge is 2.31. The van der Waals surface area contributed by atoms with E-state index >= 15 is 0 Å². The minimum atomic E-state index is -0.939. The number of carbonyl (C=O) groups is 1. The number of hydrogen-bond donors (Lipinski definition) is 1. The van der Waals surface area contributed by atoms with Gasteiger partial charge in [0, 0.05) is 6.54 Å². The van der Waals surface area contributed by atoms with Crippen LogP contribution in [0.4, 0.5) is 10.1 Å². The van der Waals surface area contributed by atoms with Crippen LogP contribution in [0.3, 0.4) is 0 Å². The Bertz CT molecular complexity index is 496. The molecule has 1 aromatic rings. The molecule has 0 bridgehead atoms. The summed E-state index contributed by atoms with van der Waals surface area (Å²) in [6.07, 6.45) is 1.26. The van der Waals surface area contributed by atoms with E-state index in [1.807, 2.05) is 6.07 Å². The van der Waals surface area contributed by atoms with Gasteiger partial charge < -0.3 is 10.0 Å². The number of rotatable bonds is 2. The van der Waals surface area contributed by atoms with E-state index in [1.165, 1.54) is 12.1 Å². The van der Waals surface area contributed by atoms with Crippen LogP contribution >= 0.6 is 0 Å². The molecule has 4 nitrogen and oxygen atoms in total. The Morgan fingerprint density at radius 1 is 1.59 bits per heavy atom. The van der Waals surface area contributed by atoms with Crippen LogP contribution in [0.25, 0.3) is 0 Å². The number of anilines is 1. The maximum Gasteiger partial charge on any atom is 0.326 e. The Morgan fingerprint density at radius 3 is 2.94 bits per heavy atom. The molecule has 0 unspecified atom stereocenters. The van der Waals surface area contributed by atoms with Gasteiger partial charge in [0.2, 0.25) is 0 Å². The third-order valence-corrected chi connectivity index (χ3v) is 2.92. The van der Waals surface area contributed by atoms with Crippen molar-refractivity contribution in [3.63, 3.8) is 0 Å². The van der Waals surface area contributed by atoms with Gasteiger partial charge in [0.15, 0.2) is 0 Å². The van der Waals surface area contributed by atoms with Crippen molar-refractivity contribution in [3.05, 3.63) is 29.6 Å². The Balaban J connectivity index is 2.34. The maximum absolute atomic E-state index is 13.7. The highest BCUT2D eigenvalue weighted by atomic mass is 19.1. The summed E-state index contributed by atoms with van der Waals surface area (Å²) in [5, 5.41) is 17.7. The number of hydrogen-bond acceptors (Lipinski definition) is 3. The third-order valence-electron chi connectivity index (χ3n) is 2.92. The molecule has 1 aliphatic heterocycles. The molecule has 1 saturated heterocycles. The molecular formula is C12H11FN2O2. The molecule has 1 atom stereocenters. The normalized spacial score (nSPS) is 19.1. The molecule has 1 aliphatic rings. The van der Waals surface area contributed by atoms with Crippen LogP contribution in [-0.2, 0) is 4.79 Å². The van der Waals surface area contributed by atoms with Crippen LogP contribution in [0, 0.1) is 17.1 Å². The summed E-state index contributed by atoms with van der Waals surface area (Å²) in [5.41, 5.74) is 0.492. The van der Waals surface area contributed by atoms with Crippen molar-refractivity contribution in [2.24, 2.45) is 0 Å². The van der Waals surface area contributed by atoms with Crippen molar-refractivity contribution in [2.45, 2.75) is 18.9 Å². The van der Waals surface area contributed by atoms with E-state index in [2.05, 4.69) is 0 Å². The lowest BCUT2D eigenvalue weighted by molar-refractivity contribution is -0.138. The summed E-state index contributed by atoms with van der Waals surface area (Å²) in [5.74, 6) is -1.48. The van der Waals surface area contributed by atoms with Gasteiger partial charge in [0.25, 0.3) is 0 Å². The van der Waals surface area contributed by atoms with Gasteiger partial charge in [0.05, 0.1) is 17.3 Å². The predicted octanol–water partition coefficient (Wildman–Crippen LogP) is 1.75. The maximum atomic E-state index is 13.7. The van der Waals surface area contributed by atoms with Crippen LogP contribution < -0.4 is 4.90 Å². The molecule has 0 spiro atoms. The summed E-state index contributed by atoms with van der Waals surface area (Å²) >= 11 is 0. The SMILES string of the molecule is N#Cc1ccc(N2CCC[C@H]2C(=O)O)c(F)c1. The molecular weight excluding hydrogens is 223 g/mol. The Hall–Kier alpha value is -2.09. The Labute approximate surface area is 97.9 Å². The molecule has 0 amide bonds. The monoisotopic (exact) mass is 234 g/mol. The van der Waals surface area contributed by atoms with E-state index in [0.717, 1.165) is 12.5 Å². The predicted molar refractivity (Wildman–Crippen MR) is 59.1 cm³/mol. The first kappa shape index (κ1) is 11.4. The van der Waals surface area contributed by atoms with Crippen LogP contribution in [0.2, 0.25) is 0 Å². The molecule has 0 saturated carbocycles. The topological polar surface area (TPSA) is 64.3 Å². The molecule has 1 aromatic carbocycles. The fourth-order valence-corrected chi connectivity index (χ4v) is 2.12. The lowest BCUT2D eigenvalue weighted by atomic mass is 10.1. The molecule has 1 fully saturated rings. The molecule has 0 aliphatic carbocycles. The summed E-state index contributed by atoms with van der Waals surface area (Å²) in [6, 6.07) is 5.27.